The van der Waals surface area contributed by atoms with E-state index in [1.807, 2.05) is 0 Å². The second kappa shape index (κ2) is 49.5. The molecule has 0 aromatic carbocycles. The predicted molar refractivity (Wildman–Crippen MR) is 37.2 cm³/mol. The number of rotatable bonds is 0. The van der Waals surface area contributed by atoms with E-state index in [0.29, 0.717) is 0 Å². The first kappa shape index (κ1) is 56.5. The van der Waals surface area contributed by atoms with Crippen LogP contribution in [0.2, 0.25) is 0 Å². The van der Waals surface area contributed by atoms with Gasteiger partial charge in [-0.15, -0.1) is 0 Å². The van der Waals surface area contributed by atoms with Crippen LogP contribution < -0.4 is 39.1 Å². The molecule has 21 heavy (non-hydrogen) atoms. The van der Waals surface area contributed by atoms with Crippen LogP contribution in [0.5, 0.6) is 0 Å². The molecule has 20 heteroatoms. The molecule has 0 unspecified atom stereocenters. The zero-order valence-corrected chi connectivity index (χ0v) is 20.6. The summed E-state index contributed by atoms with van der Waals surface area (Å²) in [7, 11) is -13.5. The van der Waals surface area contributed by atoms with E-state index in [4.69, 9.17) is 57.4 Å². The average molecular weight is 1110 g/mol. The summed E-state index contributed by atoms with van der Waals surface area (Å²) in [6.07, 6.45) is 0. The van der Waals surface area contributed by atoms with E-state index in [1.54, 1.807) is 0 Å². The average Bonchev–Trinajstić information content (AvgIpc) is 1.76. The Bertz CT molecular complexity index is 173. The van der Waals surface area contributed by atoms with Gasteiger partial charge in [0.05, 0.1) is 0 Å². The molecule has 0 atom stereocenters. The normalized spacial score (nSPS) is 4.95. The van der Waals surface area contributed by atoms with Crippen LogP contribution in [-0.4, -0.2) is 0 Å². The van der Waals surface area contributed by atoms with Crippen molar-refractivity contribution in [1.82, 2.24) is 0 Å². The van der Waals surface area contributed by atoms with E-state index in [-0.39, 0.29) is 91.7 Å². The second-order valence-corrected chi connectivity index (χ2v) is 2.68. The smallest absolute Gasteiger partial charge is 0.598 e. The maximum atomic E-state index is 8.48. The Morgan fingerprint density at radius 1 is 0.381 bits per heavy atom. The molecule has 0 heterocycles. The van der Waals surface area contributed by atoms with Crippen LogP contribution in [0.3, 0.4) is 0 Å². The topological polar surface area (TPSA) is 253 Å². The Morgan fingerprint density at radius 2 is 0.381 bits per heavy atom. The molecule has 0 bridgehead atoms. The van der Waals surface area contributed by atoms with Gasteiger partial charge in [0.1, 0.15) is 0 Å². The van der Waals surface area contributed by atoms with E-state index < -0.39 is 33.0 Å². The van der Waals surface area contributed by atoms with E-state index in [2.05, 4.69) is 0 Å². The first-order valence-corrected chi connectivity index (χ1v) is 6.57. The largest absolute Gasteiger partial charge is 2.00 e. The standard InChI is InChI=1S/CH4.4HO3P.4Pt/c;4*1-4(2)3;;;;/h1H4;4*(H,1,2,3);;;;/q;;;;;4*+2/p-4. The van der Waals surface area contributed by atoms with Gasteiger partial charge in [-0.05, 0) is 0 Å². The van der Waals surface area contributed by atoms with Gasteiger partial charge >= 0.3 is 84.3 Å². The minimum absolute atomic E-state index is 0. The molecular formula is CH4O12P4Pt4+4. The number of hydrogen-bond donors (Lipinski definition) is 0. The van der Waals surface area contributed by atoms with E-state index in [0.717, 1.165) is 0 Å². The van der Waals surface area contributed by atoms with Gasteiger partial charge in [-0.2, -0.15) is 0 Å². The summed E-state index contributed by atoms with van der Waals surface area (Å²) in [5, 5.41) is 0. The van der Waals surface area contributed by atoms with E-state index in [1.165, 1.54) is 0 Å². The molecule has 0 radical (unpaired) electrons. The molecule has 0 saturated carbocycles. The van der Waals surface area contributed by atoms with Crippen LogP contribution in [0.15, 0.2) is 0 Å². The van der Waals surface area contributed by atoms with E-state index >= 15 is 0 Å². The minimum Gasteiger partial charge on any atom is -0.598 e. The van der Waals surface area contributed by atoms with Crippen LogP contribution in [0, 0.1) is 0 Å². The molecule has 0 spiro atoms. The first-order valence-electron chi connectivity index (χ1n) is 2.19. The van der Waals surface area contributed by atoms with Crippen molar-refractivity contribution >= 4 is 33.0 Å². The molecule has 0 aromatic rings. The maximum absolute atomic E-state index is 8.48. The van der Waals surface area contributed by atoms with Crippen molar-refractivity contribution in [2.45, 2.75) is 7.43 Å². The summed E-state index contributed by atoms with van der Waals surface area (Å²) < 4.78 is 33.9. The van der Waals surface area contributed by atoms with Crippen LogP contribution in [0.1, 0.15) is 7.43 Å². The van der Waals surface area contributed by atoms with Crippen LogP contribution >= 0.6 is 33.0 Å². The molecule has 0 amide bonds. The first-order chi connectivity index (χ1) is 6.93. The van der Waals surface area contributed by atoms with Crippen molar-refractivity contribution in [3.63, 3.8) is 0 Å². The Kier molecular flexibility index (Phi) is 133. The summed E-state index contributed by atoms with van der Waals surface area (Å²) in [5.41, 5.74) is 0. The van der Waals surface area contributed by atoms with Crippen molar-refractivity contribution in [2.75, 3.05) is 0 Å². The van der Waals surface area contributed by atoms with Gasteiger partial charge in [0.15, 0.2) is 0 Å². The monoisotopic (exact) mass is 1110 g/mol. The van der Waals surface area contributed by atoms with Gasteiger partial charge in [0.2, 0.25) is 0 Å². The molecule has 0 aliphatic carbocycles. The molecule has 0 N–H and O–H groups in total. The van der Waals surface area contributed by atoms with Crippen molar-refractivity contribution in [3.8, 4) is 0 Å². The Hall–Kier alpha value is 2.83. The zero-order valence-electron chi connectivity index (χ0n) is 7.95. The third-order valence-electron chi connectivity index (χ3n) is 0. The number of hydrogen-bond acceptors (Lipinski definition) is 12. The molecule has 0 aliphatic heterocycles. The molecule has 0 aliphatic rings. The van der Waals surface area contributed by atoms with E-state index in [9.17, 15) is 0 Å². The third-order valence-corrected chi connectivity index (χ3v) is 0. The summed E-state index contributed by atoms with van der Waals surface area (Å²) >= 11 is 0. The van der Waals surface area contributed by atoms with Crippen LogP contribution in [0.4, 0.5) is 0 Å². The molecule has 136 valence electrons. The second-order valence-electron chi connectivity index (χ2n) is 0.894. The van der Waals surface area contributed by atoms with Crippen molar-refractivity contribution in [2.24, 2.45) is 0 Å². The minimum atomic E-state index is -3.37. The molecule has 0 aromatic heterocycles. The Balaban J connectivity index is -0.0000000121. The molecule has 0 fully saturated rings. The van der Waals surface area contributed by atoms with Crippen molar-refractivity contribution in [1.29, 1.82) is 0 Å². The summed E-state index contributed by atoms with van der Waals surface area (Å²) in [5.74, 6) is 0. The molecule has 12 nitrogen and oxygen atoms in total. The van der Waals surface area contributed by atoms with Gasteiger partial charge < -0.3 is 39.1 Å². The Morgan fingerprint density at radius 3 is 0.381 bits per heavy atom. The summed E-state index contributed by atoms with van der Waals surface area (Å²) in [6, 6.07) is 0. The molecule has 0 saturated heterocycles. The molecular weight excluding hydrogens is 1110 g/mol. The fourth-order valence-corrected chi connectivity index (χ4v) is 0. The quantitative estimate of drug-likeness (QED) is 0.206. The molecule has 0 rings (SSSR count). The summed E-state index contributed by atoms with van der Waals surface area (Å²) in [4.78, 5) is 67.9. The van der Waals surface area contributed by atoms with Crippen molar-refractivity contribution < 1.29 is 142 Å². The van der Waals surface area contributed by atoms with Crippen molar-refractivity contribution in [3.05, 3.63) is 0 Å². The fourth-order valence-electron chi connectivity index (χ4n) is 0. The van der Waals surface area contributed by atoms with Gasteiger partial charge in [0.25, 0.3) is 33.0 Å². The Labute approximate surface area is 180 Å². The van der Waals surface area contributed by atoms with Crippen LogP contribution in [-0.2, 0) is 103 Å². The zero-order chi connectivity index (χ0) is 14.3. The van der Waals surface area contributed by atoms with Gasteiger partial charge in [-0.3, -0.25) is 0 Å². The SMILES string of the molecule is C.O=[P+]([O-])[O-].O=[P+]([O-])[O-].O=[P+]([O-])[O-].O=[P+]([O-])[O-].[Pt+2].[Pt+2].[Pt+2].[Pt+2]. The van der Waals surface area contributed by atoms with Crippen LogP contribution in [0.25, 0.3) is 0 Å². The fraction of sp³-hybridized carbons (Fsp3) is 1.00. The third kappa shape index (κ3) is 1230. The maximum Gasteiger partial charge on any atom is 2.00 e. The van der Waals surface area contributed by atoms with Gasteiger partial charge in [-0.1, -0.05) is 25.7 Å². The summed E-state index contributed by atoms with van der Waals surface area (Å²) in [6.45, 7) is 0. The predicted octanol–water partition coefficient (Wildman–Crippen LogP) is -5.92. The van der Waals surface area contributed by atoms with Gasteiger partial charge in [0, 0.05) is 0 Å². The van der Waals surface area contributed by atoms with Gasteiger partial charge in [-0.25, -0.2) is 0 Å².